The molecule has 0 atom stereocenters. The first-order valence-electron chi connectivity index (χ1n) is 5.90. The van der Waals surface area contributed by atoms with Crippen molar-refractivity contribution in [1.29, 1.82) is 0 Å². The fraction of sp³-hybridized carbons (Fsp3) is 0.143. The van der Waals surface area contributed by atoms with Crippen LogP contribution in [0.15, 0.2) is 34.8 Å². The molecule has 110 valence electrons. The number of imidazole rings is 1. The van der Waals surface area contributed by atoms with Gasteiger partial charge in [-0.05, 0) is 30.7 Å². The first-order valence-corrected chi connectivity index (χ1v) is 9.10. The molecule has 3 nitrogen and oxygen atoms in total. The molecule has 0 unspecified atom stereocenters. The van der Waals surface area contributed by atoms with Crippen molar-refractivity contribution >= 4 is 58.1 Å². The lowest BCUT2D eigenvalue weighted by Gasteiger charge is -2.10. The van der Waals surface area contributed by atoms with Crippen molar-refractivity contribution in [2.45, 2.75) is 0 Å². The van der Waals surface area contributed by atoms with Gasteiger partial charge in [-0.2, -0.15) is 0 Å². The monoisotopic (exact) mass is 358 g/mol. The highest BCUT2D eigenvalue weighted by Crippen LogP contribution is 2.34. The van der Waals surface area contributed by atoms with Gasteiger partial charge in [-0.3, -0.25) is 4.79 Å². The van der Waals surface area contributed by atoms with E-state index in [1.54, 1.807) is 30.6 Å². The molecular formula is C14H12Cl2N2OS2. The second-order valence-electron chi connectivity index (χ2n) is 3.97. The number of allylic oxidation sites excluding steroid dienone is 1. The zero-order valence-electron chi connectivity index (χ0n) is 11.3. The fourth-order valence-electron chi connectivity index (χ4n) is 1.77. The molecule has 0 saturated heterocycles. The Hall–Kier alpha value is -0.880. The number of nitrogens with one attached hydrogen (secondary N) is 1. The Morgan fingerprint density at radius 1 is 1.19 bits per heavy atom. The third-order valence-corrected chi connectivity index (χ3v) is 5.61. The fourth-order valence-corrected chi connectivity index (χ4v) is 3.52. The molecule has 2 aromatic rings. The zero-order valence-corrected chi connectivity index (χ0v) is 14.5. The second kappa shape index (κ2) is 7.40. The molecule has 0 aliphatic heterocycles. The number of benzene rings is 1. The highest BCUT2D eigenvalue weighted by Gasteiger charge is 2.21. The Morgan fingerprint density at radius 3 is 2.43 bits per heavy atom. The summed E-state index contributed by atoms with van der Waals surface area (Å²) in [5, 5.41) is 0.780. The van der Waals surface area contributed by atoms with Gasteiger partial charge in [0, 0.05) is 18.0 Å². The maximum atomic E-state index is 12.8. The van der Waals surface area contributed by atoms with Crippen LogP contribution in [0.2, 0.25) is 10.0 Å². The predicted molar refractivity (Wildman–Crippen MR) is 93.3 cm³/mol. The molecule has 0 saturated carbocycles. The minimum Gasteiger partial charge on any atom is -0.344 e. The van der Waals surface area contributed by atoms with E-state index in [-0.39, 0.29) is 5.78 Å². The molecule has 1 N–H and O–H groups in total. The van der Waals surface area contributed by atoms with Crippen molar-refractivity contribution in [3.05, 3.63) is 56.3 Å². The van der Waals surface area contributed by atoms with Gasteiger partial charge in [0.15, 0.2) is 5.78 Å². The van der Waals surface area contributed by atoms with Gasteiger partial charge in [-0.1, -0.05) is 23.2 Å². The lowest BCUT2D eigenvalue weighted by atomic mass is 10.0. The van der Waals surface area contributed by atoms with Gasteiger partial charge in [0.2, 0.25) is 0 Å². The van der Waals surface area contributed by atoms with Crippen molar-refractivity contribution in [3.63, 3.8) is 0 Å². The Bertz CT molecular complexity index is 678. The van der Waals surface area contributed by atoms with Gasteiger partial charge in [-0.15, -0.1) is 23.5 Å². The van der Waals surface area contributed by atoms with Crippen LogP contribution in [0.1, 0.15) is 16.2 Å². The molecule has 1 heterocycles. The van der Waals surface area contributed by atoms with Crippen LogP contribution in [0.25, 0.3) is 5.57 Å². The van der Waals surface area contributed by atoms with Crippen LogP contribution < -0.4 is 0 Å². The summed E-state index contributed by atoms with van der Waals surface area (Å²) in [7, 11) is 0. The molecular weight excluding hydrogens is 347 g/mol. The predicted octanol–water partition coefficient (Wildman–Crippen LogP) is 4.99. The summed E-state index contributed by atoms with van der Waals surface area (Å²) >= 11 is 14.9. The van der Waals surface area contributed by atoms with E-state index in [9.17, 15) is 4.79 Å². The van der Waals surface area contributed by atoms with Crippen molar-refractivity contribution < 1.29 is 4.79 Å². The molecule has 0 aliphatic rings. The molecule has 1 aromatic heterocycles. The van der Waals surface area contributed by atoms with Crippen LogP contribution in [-0.4, -0.2) is 28.3 Å². The lowest BCUT2D eigenvalue weighted by Crippen LogP contribution is -2.06. The van der Waals surface area contributed by atoms with Crippen LogP contribution in [0.5, 0.6) is 0 Å². The van der Waals surface area contributed by atoms with E-state index in [2.05, 4.69) is 9.97 Å². The molecule has 0 amide bonds. The Balaban J connectivity index is 2.54. The average molecular weight is 359 g/mol. The van der Waals surface area contributed by atoms with E-state index in [1.165, 1.54) is 23.5 Å². The molecule has 7 heteroatoms. The number of H-pyrrole nitrogens is 1. The SMILES string of the molecule is CSC(SC)=C(C(=O)c1ccc(Cl)c(Cl)c1)c1ncc[nH]1. The van der Waals surface area contributed by atoms with Crippen LogP contribution in [-0.2, 0) is 0 Å². The van der Waals surface area contributed by atoms with Gasteiger partial charge in [0.25, 0.3) is 0 Å². The molecule has 0 bridgehead atoms. The summed E-state index contributed by atoms with van der Waals surface area (Å²) in [5.74, 6) is 0.409. The molecule has 0 spiro atoms. The molecule has 21 heavy (non-hydrogen) atoms. The first kappa shape index (κ1) is 16.5. The summed E-state index contributed by atoms with van der Waals surface area (Å²) in [4.78, 5) is 20.0. The molecule has 0 fully saturated rings. The lowest BCUT2D eigenvalue weighted by molar-refractivity contribution is 0.105. The Morgan fingerprint density at radius 2 is 1.90 bits per heavy atom. The Labute approximate surface area is 141 Å². The van der Waals surface area contributed by atoms with E-state index in [4.69, 9.17) is 23.2 Å². The number of hydrogen-bond donors (Lipinski definition) is 1. The van der Waals surface area contributed by atoms with Crippen molar-refractivity contribution in [2.75, 3.05) is 12.5 Å². The number of hydrogen-bond acceptors (Lipinski definition) is 4. The molecule has 0 radical (unpaired) electrons. The van der Waals surface area contributed by atoms with Crippen molar-refractivity contribution in [1.82, 2.24) is 9.97 Å². The molecule has 1 aromatic carbocycles. The number of carbonyl (C=O) groups is 1. The van der Waals surface area contributed by atoms with Crippen molar-refractivity contribution in [2.24, 2.45) is 0 Å². The number of ketones is 1. The number of halogens is 2. The molecule has 0 aliphatic carbocycles. The highest BCUT2D eigenvalue weighted by molar-refractivity contribution is 8.22. The number of carbonyl (C=O) groups excluding carboxylic acids is 1. The first-order chi connectivity index (χ1) is 10.1. The normalized spacial score (nSPS) is 10.5. The van der Waals surface area contributed by atoms with Crippen LogP contribution in [0, 0.1) is 0 Å². The van der Waals surface area contributed by atoms with Crippen LogP contribution in [0.3, 0.4) is 0 Å². The number of aromatic amines is 1. The van der Waals surface area contributed by atoms with Gasteiger partial charge in [-0.25, -0.2) is 4.98 Å². The number of nitrogens with zero attached hydrogens (tertiary/aromatic N) is 1. The van der Waals surface area contributed by atoms with Gasteiger partial charge >= 0.3 is 0 Å². The average Bonchev–Trinajstić information content (AvgIpc) is 3.00. The Kier molecular flexibility index (Phi) is 5.81. The summed E-state index contributed by atoms with van der Waals surface area (Å²) in [6.45, 7) is 0. The number of rotatable bonds is 5. The second-order valence-corrected chi connectivity index (χ2v) is 6.67. The largest absolute Gasteiger partial charge is 0.344 e. The number of thioether (sulfide) groups is 2. The van der Waals surface area contributed by atoms with Gasteiger partial charge < -0.3 is 4.98 Å². The van der Waals surface area contributed by atoms with Crippen LogP contribution in [0.4, 0.5) is 0 Å². The molecule has 2 rings (SSSR count). The summed E-state index contributed by atoms with van der Waals surface area (Å²) in [6, 6.07) is 4.86. The maximum absolute atomic E-state index is 12.8. The smallest absolute Gasteiger partial charge is 0.198 e. The number of Topliss-reactive ketones (excluding diaryl/α,β-unsaturated/α-hetero) is 1. The minimum absolute atomic E-state index is 0.137. The van der Waals surface area contributed by atoms with E-state index in [0.717, 1.165) is 4.24 Å². The van der Waals surface area contributed by atoms with E-state index in [1.807, 2.05) is 12.5 Å². The third kappa shape index (κ3) is 3.66. The van der Waals surface area contributed by atoms with E-state index < -0.39 is 0 Å². The maximum Gasteiger partial charge on any atom is 0.198 e. The summed E-state index contributed by atoms with van der Waals surface area (Å²) in [6.07, 6.45) is 7.17. The van der Waals surface area contributed by atoms with Gasteiger partial charge in [0.1, 0.15) is 5.82 Å². The standard InChI is InChI=1S/C14H12Cl2N2OS2/c1-20-14(21-2)11(13-17-5-6-18-13)12(19)8-3-4-9(15)10(16)7-8/h3-7H,1-2H3,(H,17,18). The summed E-state index contributed by atoms with van der Waals surface area (Å²) in [5.41, 5.74) is 1.02. The summed E-state index contributed by atoms with van der Waals surface area (Å²) < 4.78 is 0.890. The highest BCUT2D eigenvalue weighted by atomic mass is 35.5. The van der Waals surface area contributed by atoms with E-state index >= 15 is 0 Å². The van der Waals surface area contributed by atoms with Crippen molar-refractivity contribution in [3.8, 4) is 0 Å². The van der Waals surface area contributed by atoms with E-state index in [0.29, 0.717) is 27.0 Å². The minimum atomic E-state index is -0.137. The van der Waals surface area contributed by atoms with Gasteiger partial charge in [0.05, 0.1) is 19.9 Å². The topological polar surface area (TPSA) is 45.8 Å². The zero-order chi connectivity index (χ0) is 15.4. The third-order valence-electron chi connectivity index (χ3n) is 2.72. The van der Waals surface area contributed by atoms with Crippen LogP contribution >= 0.6 is 46.7 Å². The number of aromatic nitrogens is 2. The quantitative estimate of drug-likeness (QED) is 0.603.